The van der Waals surface area contributed by atoms with Crippen LogP contribution in [-0.4, -0.2) is 44.0 Å². The molecule has 0 spiro atoms. The number of anilines is 1. The summed E-state index contributed by atoms with van der Waals surface area (Å²) in [4.78, 5) is 14.1. The summed E-state index contributed by atoms with van der Waals surface area (Å²) in [7, 11) is 1.43. The maximum Gasteiger partial charge on any atom is 0.251 e. The Hall–Kier alpha value is -1.69. The number of rotatable bonds is 8. The highest BCUT2D eigenvalue weighted by Crippen LogP contribution is 2.20. The molecule has 0 radical (unpaired) electrons. The van der Waals surface area contributed by atoms with E-state index in [1.165, 1.54) is 7.05 Å². The number of hydrogen-bond acceptors (Lipinski definition) is 3. The van der Waals surface area contributed by atoms with Crippen LogP contribution in [0.1, 0.15) is 30.6 Å². The highest BCUT2D eigenvalue weighted by Gasteiger charge is 2.14. The van der Waals surface area contributed by atoms with Crippen LogP contribution in [0.15, 0.2) is 12.1 Å². The van der Waals surface area contributed by atoms with E-state index in [4.69, 9.17) is 0 Å². The largest absolute Gasteiger partial charge is 0.383 e. The molecular formula is C15H23F2N3O. The predicted molar refractivity (Wildman–Crippen MR) is 80.6 cm³/mol. The maximum absolute atomic E-state index is 13.6. The van der Waals surface area contributed by atoms with Gasteiger partial charge in [-0.3, -0.25) is 4.79 Å². The summed E-state index contributed by atoms with van der Waals surface area (Å²) < 4.78 is 27.1. The average molecular weight is 299 g/mol. The Balaban J connectivity index is 2.53. The van der Waals surface area contributed by atoms with Crippen molar-refractivity contribution in [1.82, 2.24) is 10.2 Å². The molecule has 1 aromatic carbocycles. The third kappa shape index (κ3) is 4.97. The second-order valence-electron chi connectivity index (χ2n) is 4.70. The first-order chi connectivity index (χ1) is 10.0. The van der Waals surface area contributed by atoms with Crippen molar-refractivity contribution < 1.29 is 13.6 Å². The maximum atomic E-state index is 13.6. The van der Waals surface area contributed by atoms with Gasteiger partial charge in [-0.1, -0.05) is 13.8 Å². The van der Waals surface area contributed by atoms with E-state index in [1.54, 1.807) is 0 Å². The number of halogens is 2. The van der Waals surface area contributed by atoms with E-state index in [0.29, 0.717) is 6.54 Å². The standard InChI is InChI=1S/C15H23F2N3O/c1-4-20(5-2)8-6-7-19-15(21)11-9-12(16)14(18-3)13(17)10-11/h9-10,18H,4-8H2,1-3H3,(H,19,21). The van der Waals surface area contributed by atoms with Crippen molar-refractivity contribution >= 4 is 11.6 Å². The van der Waals surface area contributed by atoms with E-state index in [0.717, 1.165) is 38.2 Å². The van der Waals surface area contributed by atoms with Gasteiger partial charge in [0.05, 0.1) is 0 Å². The van der Waals surface area contributed by atoms with Crippen LogP contribution < -0.4 is 10.6 Å². The van der Waals surface area contributed by atoms with Gasteiger partial charge in [0.25, 0.3) is 5.91 Å². The second-order valence-corrected chi connectivity index (χ2v) is 4.70. The summed E-state index contributed by atoms with van der Waals surface area (Å²) in [5.74, 6) is -2.01. The summed E-state index contributed by atoms with van der Waals surface area (Å²) in [5.41, 5.74) is -0.236. The van der Waals surface area contributed by atoms with Crippen LogP contribution in [0.5, 0.6) is 0 Å². The molecule has 0 aliphatic heterocycles. The van der Waals surface area contributed by atoms with Crippen molar-refractivity contribution in [3.8, 4) is 0 Å². The second kappa shape index (κ2) is 8.56. The van der Waals surface area contributed by atoms with Gasteiger partial charge in [-0.25, -0.2) is 8.78 Å². The van der Waals surface area contributed by atoms with Crippen LogP contribution in [0, 0.1) is 11.6 Å². The minimum absolute atomic E-state index is 0.00756. The summed E-state index contributed by atoms with van der Waals surface area (Å²) in [6.07, 6.45) is 0.799. The van der Waals surface area contributed by atoms with E-state index < -0.39 is 17.5 Å². The Labute approximate surface area is 124 Å². The minimum Gasteiger partial charge on any atom is -0.383 e. The first-order valence-electron chi connectivity index (χ1n) is 7.20. The lowest BCUT2D eigenvalue weighted by Crippen LogP contribution is -2.30. The van der Waals surface area contributed by atoms with Gasteiger partial charge in [0, 0.05) is 19.2 Å². The monoisotopic (exact) mass is 299 g/mol. The molecule has 1 aromatic rings. The number of benzene rings is 1. The summed E-state index contributed by atoms with van der Waals surface area (Å²) in [6.45, 7) is 7.45. The van der Waals surface area contributed by atoms with Crippen LogP contribution in [0.3, 0.4) is 0 Å². The molecule has 0 unspecified atom stereocenters. The molecular weight excluding hydrogens is 276 g/mol. The smallest absolute Gasteiger partial charge is 0.251 e. The number of nitrogens with one attached hydrogen (secondary N) is 2. The molecule has 4 nitrogen and oxygen atoms in total. The average Bonchev–Trinajstić information content (AvgIpc) is 2.46. The van der Waals surface area contributed by atoms with Crippen LogP contribution in [0.2, 0.25) is 0 Å². The van der Waals surface area contributed by atoms with Crippen molar-refractivity contribution in [1.29, 1.82) is 0 Å². The quantitative estimate of drug-likeness (QED) is 0.725. The van der Waals surface area contributed by atoms with Crippen LogP contribution in [0.25, 0.3) is 0 Å². The summed E-state index contributed by atoms with van der Waals surface area (Å²) >= 11 is 0. The van der Waals surface area contributed by atoms with E-state index >= 15 is 0 Å². The molecule has 0 fully saturated rings. The van der Waals surface area contributed by atoms with Gasteiger partial charge in [-0.05, 0) is 38.2 Å². The molecule has 0 atom stereocenters. The Bertz CT molecular complexity index is 453. The van der Waals surface area contributed by atoms with Crippen molar-refractivity contribution in [2.45, 2.75) is 20.3 Å². The van der Waals surface area contributed by atoms with Crippen molar-refractivity contribution in [3.05, 3.63) is 29.3 Å². The Kier molecular flexibility index (Phi) is 7.08. The molecule has 0 aromatic heterocycles. The Morgan fingerprint density at radius 2 is 1.76 bits per heavy atom. The van der Waals surface area contributed by atoms with E-state index in [1.807, 2.05) is 0 Å². The lowest BCUT2D eigenvalue weighted by Gasteiger charge is -2.17. The van der Waals surface area contributed by atoms with Crippen LogP contribution >= 0.6 is 0 Å². The molecule has 1 rings (SSSR count). The molecule has 0 bridgehead atoms. The zero-order chi connectivity index (χ0) is 15.8. The SMILES string of the molecule is CCN(CC)CCCNC(=O)c1cc(F)c(NC)c(F)c1. The number of hydrogen-bond donors (Lipinski definition) is 2. The summed E-state index contributed by atoms with van der Waals surface area (Å²) in [5, 5.41) is 5.10. The summed E-state index contributed by atoms with van der Waals surface area (Å²) in [6, 6.07) is 2.07. The van der Waals surface area contributed by atoms with E-state index in [9.17, 15) is 13.6 Å². The molecule has 1 amide bonds. The van der Waals surface area contributed by atoms with Crippen molar-refractivity contribution in [2.75, 3.05) is 38.5 Å². The van der Waals surface area contributed by atoms with Gasteiger partial charge in [0.2, 0.25) is 0 Å². The van der Waals surface area contributed by atoms with Crippen LogP contribution in [-0.2, 0) is 0 Å². The topological polar surface area (TPSA) is 44.4 Å². The molecule has 0 saturated carbocycles. The number of amides is 1. The highest BCUT2D eigenvalue weighted by molar-refractivity contribution is 5.94. The molecule has 21 heavy (non-hydrogen) atoms. The van der Waals surface area contributed by atoms with Crippen molar-refractivity contribution in [2.24, 2.45) is 0 Å². The van der Waals surface area contributed by atoms with E-state index in [2.05, 4.69) is 29.4 Å². The fourth-order valence-corrected chi connectivity index (χ4v) is 2.09. The fraction of sp³-hybridized carbons (Fsp3) is 0.533. The molecule has 2 N–H and O–H groups in total. The Morgan fingerprint density at radius 1 is 1.19 bits per heavy atom. The minimum atomic E-state index is -0.772. The van der Waals surface area contributed by atoms with Gasteiger partial charge in [-0.2, -0.15) is 0 Å². The number of carbonyl (C=O) groups excluding carboxylic acids is 1. The van der Waals surface area contributed by atoms with E-state index in [-0.39, 0.29) is 11.3 Å². The molecule has 0 saturated heterocycles. The number of nitrogens with zero attached hydrogens (tertiary/aromatic N) is 1. The van der Waals surface area contributed by atoms with Gasteiger partial charge in [0.15, 0.2) is 0 Å². The van der Waals surface area contributed by atoms with Gasteiger partial charge >= 0.3 is 0 Å². The molecule has 0 aliphatic carbocycles. The Morgan fingerprint density at radius 3 is 2.24 bits per heavy atom. The lowest BCUT2D eigenvalue weighted by atomic mass is 10.1. The third-order valence-electron chi connectivity index (χ3n) is 3.39. The predicted octanol–water partition coefficient (Wildman–Crippen LogP) is 2.47. The van der Waals surface area contributed by atoms with Gasteiger partial charge in [0.1, 0.15) is 17.3 Å². The fourth-order valence-electron chi connectivity index (χ4n) is 2.09. The zero-order valence-electron chi connectivity index (χ0n) is 12.8. The third-order valence-corrected chi connectivity index (χ3v) is 3.39. The molecule has 0 heterocycles. The van der Waals surface area contributed by atoms with Gasteiger partial charge < -0.3 is 15.5 Å². The van der Waals surface area contributed by atoms with Crippen molar-refractivity contribution in [3.63, 3.8) is 0 Å². The first kappa shape index (κ1) is 17.4. The lowest BCUT2D eigenvalue weighted by molar-refractivity contribution is 0.0951. The normalized spacial score (nSPS) is 10.8. The van der Waals surface area contributed by atoms with Crippen LogP contribution in [0.4, 0.5) is 14.5 Å². The molecule has 0 aliphatic rings. The first-order valence-corrected chi connectivity index (χ1v) is 7.20. The molecule has 6 heteroatoms. The number of carbonyl (C=O) groups is 1. The highest BCUT2D eigenvalue weighted by atomic mass is 19.1. The zero-order valence-corrected chi connectivity index (χ0v) is 12.8. The van der Waals surface area contributed by atoms with Gasteiger partial charge in [-0.15, -0.1) is 0 Å². The molecule has 118 valence electrons.